The number of aliphatic carboxylic acids is 1. The normalized spacial score (nSPS) is 13.5. The molecule has 0 bridgehead atoms. The number of hydrogen-bond acceptors (Lipinski definition) is 1. The van der Waals surface area contributed by atoms with E-state index in [1.54, 1.807) is 13.0 Å². The van der Waals surface area contributed by atoms with Crippen molar-refractivity contribution in [1.82, 2.24) is 0 Å². The molecule has 0 atom stereocenters. The molecule has 0 heterocycles. The lowest BCUT2D eigenvalue weighted by molar-refractivity contribution is -0.133. The predicted molar refractivity (Wildman–Crippen MR) is 49.9 cm³/mol. The molecule has 3 heteroatoms. The monoisotopic (exact) mass is 172 g/mol. The van der Waals surface area contributed by atoms with E-state index in [0.717, 1.165) is 16.3 Å². The van der Waals surface area contributed by atoms with E-state index in [2.05, 4.69) is 0 Å². The van der Waals surface area contributed by atoms with Crippen LogP contribution >= 0.6 is 0 Å². The maximum Gasteiger partial charge on any atom is 0.331 e. The molecule has 0 amide bonds. The van der Waals surface area contributed by atoms with Gasteiger partial charge < -0.3 is 5.11 Å². The Morgan fingerprint density at radius 1 is 1.64 bits per heavy atom. The third-order valence-corrected chi connectivity index (χ3v) is 3.90. The molecule has 0 rings (SSSR count). The Hall–Kier alpha value is -0.573. The van der Waals surface area contributed by atoms with Crippen LogP contribution < -0.4 is 0 Å². The van der Waals surface area contributed by atoms with Gasteiger partial charge in [-0.25, -0.2) is 4.79 Å². The summed E-state index contributed by atoms with van der Waals surface area (Å²) in [5, 5.41) is 8.79. The van der Waals surface area contributed by atoms with Gasteiger partial charge in [-0.2, -0.15) is 0 Å². The minimum absolute atomic E-state index is 0.146. The van der Waals surface area contributed by atoms with Crippen LogP contribution in [-0.4, -0.2) is 21.3 Å². The van der Waals surface area contributed by atoms with Gasteiger partial charge in [-0.15, -0.1) is 0 Å². The van der Waals surface area contributed by atoms with Gasteiger partial charge in [-0.3, -0.25) is 0 Å². The summed E-state index contributed by atoms with van der Waals surface area (Å²) >= 11 is 0. The zero-order chi connectivity index (χ0) is 9.07. The second kappa shape index (κ2) is 3.71. The van der Waals surface area contributed by atoms with Gasteiger partial charge >= 0.3 is 5.97 Å². The highest BCUT2D eigenvalue weighted by Gasteiger charge is 2.25. The van der Waals surface area contributed by atoms with Crippen LogP contribution in [0.15, 0.2) is 11.6 Å². The minimum Gasteiger partial charge on any atom is -0.478 e. The summed E-state index contributed by atoms with van der Waals surface area (Å²) in [7, 11) is 1.04. The second-order valence-corrected chi connectivity index (χ2v) is 3.95. The van der Waals surface area contributed by atoms with E-state index < -0.39 is 5.97 Å². The van der Waals surface area contributed by atoms with Crippen molar-refractivity contribution < 1.29 is 9.90 Å². The summed E-state index contributed by atoms with van der Waals surface area (Å²) in [5.41, 5.74) is 0.389. The predicted octanol–water partition coefficient (Wildman–Crippen LogP) is 0.827. The molecular formula is C8H16O2Si. The maximum atomic E-state index is 10.7. The molecule has 0 spiro atoms. The Morgan fingerprint density at radius 3 is 2.18 bits per heavy atom. The average Bonchev–Trinajstić information content (AvgIpc) is 1.88. The summed E-state index contributed by atoms with van der Waals surface area (Å²) in [4.78, 5) is 10.7. The van der Waals surface area contributed by atoms with Crippen molar-refractivity contribution in [2.45, 2.75) is 26.8 Å². The van der Waals surface area contributed by atoms with Crippen LogP contribution in [0.1, 0.15) is 20.8 Å². The number of hydrogen-bond donors (Lipinski definition) is 1. The number of carboxylic acid groups (broad SMARTS) is 1. The van der Waals surface area contributed by atoms with Gasteiger partial charge in [0.25, 0.3) is 0 Å². The molecule has 0 saturated carbocycles. The highest BCUT2D eigenvalue weighted by Crippen LogP contribution is 2.29. The van der Waals surface area contributed by atoms with Crippen molar-refractivity contribution in [3.63, 3.8) is 0 Å². The summed E-state index contributed by atoms with van der Waals surface area (Å²) in [6.07, 6.45) is 1.69. The van der Waals surface area contributed by atoms with Crippen LogP contribution in [0.5, 0.6) is 0 Å². The first-order valence-electron chi connectivity index (χ1n) is 3.85. The van der Waals surface area contributed by atoms with E-state index in [1.165, 1.54) is 0 Å². The number of carbonyl (C=O) groups is 1. The highest BCUT2D eigenvalue weighted by molar-refractivity contribution is 6.09. The van der Waals surface area contributed by atoms with E-state index in [4.69, 9.17) is 5.11 Å². The number of carboxylic acids is 1. The molecule has 0 unspecified atom stereocenters. The van der Waals surface area contributed by atoms with E-state index in [1.807, 2.05) is 13.8 Å². The molecule has 11 heavy (non-hydrogen) atoms. The van der Waals surface area contributed by atoms with Gasteiger partial charge in [0, 0.05) is 15.8 Å². The van der Waals surface area contributed by atoms with Crippen molar-refractivity contribution in [3.8, 4) is 0 Å². The maximum absolute atomic E-state index is 10.7. The van der Waals surface area contributed by atoms with Crippen LogP contribution in [0.3, 0.4) is 0 Å². The van der Waals surface area contributed by atoms with E-state index in [0.29, 0.717) is 5.57 Å². The average molecular weight is 172 g/mol. The van der Waals surface area contributed by atoms with Crippen molar-refractivity contribution in [2.24, 2.45) is 5.41 Å². The topological polar surface area (TPSA) is 37.3 Å². The van der Waals surface area contributed by atoms with E-state index >= 15 is 0 Å². The molecular weight excluding hydrogens is 156 g/mol. The molecule has 0 aliphatic heterocycles. The Balaban J connectivity index is 4.66. The molecule has 0 aromatic carbocycles. The first-order valence-corrected chi connectivity index (χ1v) is 5.27. The van der Waals surface area contributed by atoms with Crippen molar-refractivity contribution >= 4 is 16.2 Å². The molecule has 0 aliphatic carbocycles. The summed E-state index contributed by atoms with van der Waals surface area (Å²) in [6.45, 7) is 5.73. The van der Waals surface area contributed by atoms with Crippen molar-refractivity contribution in [3.05, 3.63) is 11.6 Å². The fourth-order valence-corrected chi connectivity index (χ4v) is 1.38. The van der Waals surface area contributed by atoms with Crippen LogP contribution in [0.4, 0.5) is 0 Å². The van der Waals surface area contributed by atoms with Crippen LogP contribution in [0, 0.1) is 5.41 Å². The molecule has 64 valence electrons. The van der Waals surface area contributed by atoms with Crippen LogP contribution in [-0.2, 0) is 4.79 Å². The third kappa shape index (κ3) is 2.50. The first kappa shape index (κ1) is 10.4. The zero-order valence-electron chi connectivity index (χ0n) is 7.64. The first-order chi connectivity index (χ1) is 4.95. The van der Waals surface area contributed by atoms with E-state index in [-0.39, 0.29) is 5.41 Å². The Kier molecular flexibility index (Phi) is 3.52. The smallest absolute Gasteiger partial charge is 0.331 e. The molecule has 0 saturated heterocycles. The molecule has 0 aromatic rings. The van der Waals surface area contributed by atoms with Crippen molar-refractivity contribution in [1.29, 1.82) is 0 Å². The van der Waals surface area contributed by atoms with Gasteiger partial charge in [0.2, 0.25) is 0 Å². The molecule has 0 aliphatic rings. The number of rotatable bonds is 3. The van der Waals surface area contributed by atoms with Gasteiger partial charge in [0.15, 0.2) is 0 Å². The SMILES string of the molecule is CC=C(C(=O)O)C(C)(C)C[SiH3]. The lowest BCUT2D eigenvalue weighted by atomic mass is 9.86. The highest BCUT2D eigenvalue weighted by atomic mass is 28.1. The number of allylic oxidation sites excluding steroid dienone is 1. The van der Waals surface area contributed by atoms with Gasteiger partial charge in [0.05, 0.1) is 0 Å². The third-order valence-electron chi connectivity index (χ3n) is 2.13. The quantitative estimate of drug-likeness (QED) is 0.505. The summed E-state index contributed by atoms with van der Waals surface area (Å²) in [5.74, 6) is -0.784. The molecule has 0 radical (unpaired) electrons. The summed E-state index contributed by atoms with van der Waals surface area (Å²) in [6, 6.07) is 0.985. The Bertz CT molecular complexity index is 183. The van der Waals surface area contributed by atoms with Gasteiger partial charge in [-0.1, -0.05) is 26.0 Å². The molecule has 2 nitrogen and oxygen atoms in total. The lowest BCUT2D eigenvalue weighted by Crippen LogP contribution is -2.20. The van der Waals surface area contributed by atoms with Crippen molar-refractivity contribution in [2.75, 3.05) is 0 Å². The fraction of sp³-hybridized carbons (Fsp3) is 0.625. The van der Waals surface area contributed by atoms with Crippen LogP contribution in [0.2, 0.25) is 6.04 Å². The zero-order valence-corrected chi connectivity index (χ0v) is 9.64. The molecule has 0 aromatic heterocycles. The lowest BCUT2D eigenvalue weighted by Gasteiger charge is -2.23. The van der Waals surface area contributed by atoms with Crippen LogP contribution in [0.25, 0.3) is 0 Å². The second-order valence-electron chi connectivity index (χ2n) is 3.24. The molecule has 0 fully saturated rings. The fourth-order valence-electron chi connectivity index (χ4n) is 0.994. The Labute approximate surface area is 70.7 Å². The van der Waals surface area contributed by atoms with Gasteiger partial charge in [-0.05, 0) is 12.3 Å². The summed E-state index contributed by atoms with van der Waals surface area (Å²) < 4.78 is 0. The van der Waals surface area contributed by atoms with Gasteiger partial charge in [0.1, 0.15) is 0 Å². The minimum atomic E-state index is -0.784. The Morgan fingerprint density at radius 2 is 2.09 bits per heavy atom. The van der Waals surface area contributed by atoms with E-state index in [9.17, 15) is 4.79 Å². The standard InChI is InChI=1S/C8H16O2Si/c1-4-6(7(9)10)8(2,3)5-11/h4H,5H2,1-3,11H3,(H,9,10). The molecule has 1 N–H and O–H groups in total. The largest absolute Gasteiger partial charge is 0.478 e.